The lowest BCUT2D eigenvalue weighted by Gasteiger charge is -2.17. The first kappa shape index (κ1) is 23.2. The molecule has 29 heavy (non-hydrogen) atoms. The first-order valence-electron chi connectivity index (χ1n) is 9.10. The van der Waals surface area contributed by atoms with Gasteiger partial charge in [-0.2, -0.15) is 0 Å². The van der Waals surface area contributed by atoms with Crippen LogP contribution in [0.4, 0.5) is 14.5 Å². The van der Waals surface area contributed by atoms with Gasteiger partial charge in [0.15, 0.2) is 0 Å². The fraction of sp³-hybridized carbons (Fsp3) is 0.333. The van der Waals surface area contributed by atoms with Crippen molar-refractivity contribution < 1.29 is 23.1 Å². The van der Waals surface area contributed by atoms with Gasteiger partial charge in [0.25, 0.3) is 5.91 Å². The minimum atomic E-state index is -0.737. The van der Waals surface area contributed by atoms with Crippen LogP contribution in [0.1, 0.15) is 37.6 Å². The van der Waals surface area contributed by atoms with E-state index in [0.29, 0.717) is 17.9 Å². The standard InChI is InChI=1S/C21H22ClF2NO3S/c1-4-18(21(27)28-11-12(2)3)29-19-10-17(16(24)9-15(19)22)25-20(26)13-6-5-7-14(23)8-13/h5-10,12,18H,4,11H2,1-3H3,(H,25,26). The zero-order valence-corrected chi connectivity index (χ0v) is 17.9. The lowest BCUT2D eigenvalue weighted by Crippen LogP contribution is -2.21. The fourth-order valence-electron chi connectivity index (χ4n) is 2.33. The molecule has 1 unspecified atom stereocenters. The van der Waals surface area contributed by atoms with Crippen molar-refractivity contribution in [2.45, 2.75) is 37.3 Å². The molecule has 0 aliphatic carbocycles. The van der Waals surface area contributed by atoms with Crippen LogP contribution in [0.3, 0.4) is 0 Å². The van der Waals surface area contributed by atoms with E-state index in [9.17, 15) is 18.4 Å². The highest BCUT2D eigenvalue weighted by atomic mass is 35.5. The summed E-state index contributed by atoms with van der Waals surface area (Å²) in [4.78, 5) is 25.0. The molecule has 1 amide bonds. The van der Waals surface area contributed by atoms with Crippen LogP contribution in [-0.2, 0) is 9.53 Å². The van der Waals surface area contributed by atoms with Crippen LogP contribution in [0.5, 0.6) is 0 Å². The largest absolute Gasteiger partial charge is 0.465 e. The minimum Gasteiger partial charge on any atom is -0.465 e. The molecular formula is C21H22ClF2NO3S. The Bertz CT molecular complexity index is 892. The van der Waals surface area contributed by atoms with E-state index < -0.39 is 22.8 Å². The molecule has 0 aliphatic heterocycles. The number of esters is 1. The maximum absolute atomic E-state index is 14.3. The van der Waals surface area contributed by atoms with Crippen molar-refractivity contribution in [3.8, 4) is 0 Å². The molecule has 8 heteroatoms. The number of carbonyl (C=O) groups excluding carboxylic acids is 2. The van der Waals surface area contributed by atoms with E-state index in [-0.39, 0.29) is 28.2 Å². The number of halogens is 3. The number of carbonyl (C=O) groups is 2. The van der Waals surface area contributed by atoms with Gasteiger partial charge in [0, 0.05) is 10.5 Å². The Morgan fingerprint density at radius 3 is 2.55 bits per heavy atom. The summed E-state index contributed by atoms with van der Waals surface area (Å²) < 4.78 is 32.9. The van der Waals surface area contributed by atoms with E-state index in [1.54, 1.807) is 0 Å². The van der Waals surface area contributed by atoms with Crippen LogP contribution in [0, 0.1) is 17.6 Å². The molecule has 0 fully saturated rings. The first-order valence-corrected chi connectivity index (χ1v) is 10.4. The van der Waals surface area contributed by atoms with Crippen molar-refractivity contribution in [2.75, 3.05) is 11.9 Å². The van der Waals surface area contributed by atoms with E-state index in [0.717, 1.165) is 23.9 Å². The molecule has 156 valence electrons. The van der Waals surface area contributed by atoms with E-state index in [4.69, 9.17) is 16.3 Å². The molecule has 1 atom stereocenters. The molecule has 0 heterocycles. The Balaban J connectivity index is 2.19. The van der Waals surface area contributed by atoms with Gasteiger partial charge < -0.3 is 10.1 Å². The predicted molar refractivity (Wildman–Crippen MR) is 111 cm³/mol. The van der Waals surface area contributed by atoms with E-state index in [1.807, 2.05) is 20.8 Å². The third kappa shape index (κ3) is 6.72. The van der Waals surface area contributed by atoms with E-state index in [1.165, 1.54) is 24.3 Å². The molecule has 2 aromatic rings. The SMILES string of the molecule is CCC(Sc1cc(NC(=O)c2cccc(F)c2)c(F)cc1Cl)C(=O)OCC(C)C. The van der Waals surface area contributed by atoms with Crippen molar-refractivity contribution in [2.24, 2.45) is 5.92 Å². The van der Waals surface area contributed by atoms with Crippen LogP contribution < -0.4 is 5.32 Å². The minimum absolute atomic E-state index is 0.0530. The monoisotopic (exact) mass is 441 g/mol. The van der Waals surface area contributed by atoms with Crippen LogP contribution in [-0.4, -0.2) is 23.7 Å². The molecule has 0 saturated carbocycles. The van der Waals surface area contributed by atoms with Crippen LogP contribution in [0.25, 0.3) is 0 Å². The molecule has 0 spiro atoms. The molecule has 2 aromatic carbocycles. The maximum Gasteiger partial charge on any atom is 0.319 e. The fourth-order valence-corrected chi connectivity index (χ4v) is 3.61. The number of thioether (sulfide) groups is 1. The maximum atomic E-state index is 14.3. The number of nitrogens with one attached hydrogen (secondary N) is 1. The van der Waals surface area contributed by atoms with Crippen molar-refractivity contribution in [1.82, 2.24) is 0 Å². The quantitative estimate of drug-likeness (QED) is 0.407. The number of hydrogen-bond donors (Lipinski definition) is 1. The Labute approximate surface area is 178 Å². The Hall–Kier alpha value is -2.12. The summed E-state index contributed by atoms with van der Waals surface area (Å²) in [5.74, 6) is -2.14. The summed E-state index contributed by atoms with van der Waals surface area (Å²) in [7, 11) is 0. The Kier molecular flexibility index (Phi) is 8.46. The molecule has 4 nitrogen and oxygen atoms in total. The average molecular weight is 442 g/mol. The lowest BCUT2D eigenvalue weighted by atomic mass is 10.2. The highest BCUT2D eigenvalue weighted by molar-refractivity contribution is 8.00. The van der Waals surface area contributed by atoms with Gasteiger partial charge in [0.1, 0.15) is 16.9 Å². The predicted octanol–water partition coefficient (Wildman–Crippen LogP) is 5.94. The van der Waals surface area contributed by atoms with Gasteiger partial charge in [-0.15, -0.1) is 11.8 Å². The molecular weight excluding hydrogens is 420 g/mol. The average Bonchev–Trinajstić information content (AvgIpc) is 2.67. The van der Waals surface area contributed by atoms with Gasteiger partial charge in [0.05, 0.1) is 17.3 Å². The van der Waals surface area contributed by atoms with Crippen LogP contribution in [0.2, 0.25) is 5.02 Å². The van der Waals surface area contributed by atoms with Gasteiger partial charge >= 0.3 is 5.97 Å². The molecule has 2 rings (SSSR count). The van der Waals surface area contributed by atoms with Crippen molar-refractivity contribution in [1.29, 1.82) is 0 Å². The van der Waals surface area contributed by atoms with Crippen LogP contribution >= 0.6 is 23.4 Å². The van der Waals surface area contributed by atoms with Crippen molar-refractivity contribution >= 4 is 40.9 Å². The number of benzene rings is 2. The summed E-state index contributed by atoms with van der Waals surface area (Å²) in [6.07, 6.45) is 0.486. The highest BCUT2D eigenvalue weighted by Gasteiger charge is 2.22. The topological polar surface area (TPSA) is 55.4 Å². The summed E-state index contributed by atoms with van der Waals surface area (Å²) in [5, 5.41) is 2.01. The van der Waals surface area contributed by atoms with Crippen molar-refractivity contribution in [3.63, 3.8) is 0 Å². The summed E-state index contributed by atoms with van der Waals surface area (Å²) in [6, 6.07) is 7.49. The smallest absolute Gasteiger partial charge is 0.319 e. The summed E-state index contributed by atoms with van der Waals surface area (Å²) in [5.41, 5.74) is -0.0613. The van der Waals surface area contributed by atoms with Gasteiger partial charge in [-0.1, -0.05) is 38.4 Å². The zero-order valence-electron chi connectivity index (χ0n) is 16.3. The molecule has 0 bridgehead atoms. The number of hydrogen-bond acceptors (Lipinski definition) is 4. The van der Waals surface area contributed by atoms with Gasteiger partial charge in [-0.3, -0.25) is 9.59 Å². The third-order valence-corrected chi connectivity index (χ3v) is 5.65. The molecule has 0 aliphatic rings. The Morgan fingerprint density at radius 2 is 1.93 bits per heavy atom. The number of anilines is 1. The molecule has 0 aromatic heterocycles. The Morgan fingerprint density at radius 1 is 1.21 bits per heavy atom. The third-order valence-electron chi connectivity index (χ3n) is 3.82. The summed E-state index contributed by atoms with van der Waals surface area (Å²) >= 11 is 7.27. The summed E-state index contributed by atoms with van der Waals surface area (Å²) in [6.45, 7) is 6.01. The molecule has 0 radical (unpaired) electrons. The van der Waals surface area contributed by atoms with Gasteiger partial charge in [-0.25, -0.2) is 8.78 Å². The van der Waals surface area contributed by atoms with Gasteiger partial charge in [0.2, 0.25) is 0 Å². The molecule has 1 N–H and O–H groups in total. The second-order valence-corrected chi connectivity index (χ2v) is 8.42. The first-order chi connectivity index (χ1) is 13.7. The second kappa shape index (κ2) is 10.6. The zero-order chi connectivity index (χ0) is 21.6. The van der Waals surface area contributed by atoms with Crippen molar-refractivity contribution in [3.05, 3.63) is 58.6 Å². The lowest BCUT2D eigenvalue weighted by molar-refractivity contribution is -0.144. The highest BCUT2D eigenvalue weighted by Crippen LogP contribution is 2.36. The number of rotatable bonds is 8. The van der Waals surface area contributed by atoms with Gasteiger partial charge in [-0.05, 0) is 42.7 Å². The second-order valence-electron chi connectivity index (χ2n) is 6.77. The number of ether oxygens (including phenoxy) is 1. The van der Waals surface area contributed by atoms with E-state index >= 15 is 0 Å². The van der Waals surface area contributed by atoms with E-state index in [2.05, 4.69) is 5.32 Å². The number of amides is 1. The van der Waals surface area contributed by atoms with Crippen LogP contribution in [0.15, 0.2) is 41.3 Å². The normalized spacial score (nSPS) is 12.0. The molecule has 0 saturated heterocycles.